The third kappa shape index (κ3) is 3.90. The van der Waals surface area contributed by atoms with E-state index in [1.54, 1.807) is 7.11 Å². The van der Waals surface area contributed by atoms with Gasteiger partial charge in [-0.1, -0.05) is 15.9 Å². The smallest absolute Gasteiger partial charge is 0.120 e. The van der Waals surface area contributed by atoms with Crippen LogP contribution in [-0.2, 0) is 6.61 Å². The molecule has 2 aromatic carbocycles. The second-order valence-electron chi connectivity index (χ2n) is 4.15. The van der Waals surface area contributed by atoms with E-state index in [-0.39, 0.29) is 0 Å². The molecule has 0 aliphatic rings. The molecule has 3 nitrogen and oxygen atoms in total. The molecule has 0 amide bonds. The van der Waals surface area contributed by atoms with Crippen LogP contribution in [0.4, 0.5) is 0 Å². The first-order chi connectivity index (χ1) is 9.72. The fourth-order valence-electron chi connectivity index (χ4n) is 1.75. The van der Waals surface area contributed by atoms with Crippen LogP contribution in [0.15, 0.2) is 46.9 Å². The molecule has 0 aliphatic carbocycles. The maximum atomic E-state index is 5.76. The minimum Gasteiger partial charge on any atom is -0.497 e. The molecule has 0 N–H and O–H groups in total. The number of hydrogen-bond donors (Lipinski definition) is 0. The van der Waals surface area contributed by atoms with Gasteiger partial charge < -0.3 is 14.2 Å². The molecular weight excluding hydrogens is 320 g/mol. The maximum Gasteiger partial charge on any atom is 0.120 e. The molecule has 0 aliphatic heterocycles. The molecule has 2 aromatic rings. The summed E-state index contributed by atoms with van der Waals surface area (Å²) < 4.78 is 17.4. The van der Waals surface area contributed by atoms with Crippen molar-refractivity contribution in [1.29, 1.82) is 0 Å². The number of methoxy groups -OCH3 is 1. The van der Waals surface area contributed by atoms with Gasteiger partial charge in [0.25, 0.3) is 0 Å². The summed E-state index contributed by atoms with van der Waals surface area (Å²) in [4.78, 5) is 0. The molecule has 0 radical (unpaired) electrons. The van der Waals surface area contributed by atoms with Crippen molar-refractivity contribution in [2.24, 2.45) is 0 Å². The Morgan fingerprint density at radius 1 is 0.900 bits per heavy atom. The van der Waals surface area contributed by atoms with Gasteiger partial charge in [-0.05, 0) is 49.4 Å². The molecule has 0 heterocycles. The Morgan fingerprint density at radius 3 is 2.10 bits per heavy atom. The first-order valence-corrected chi connectivity index (χ1v) is 7.20. The van der Waals surface area contributed by atoms with E-state index in [1.165, 1.54) is 0 Å². The lowest BCUT2D eigenvalue weighted by molar-refractivity contribution is 0.302. The molecule has 2 rings (SSSR count). The van der Waals surface area contributed by atoms with Crippen LogP contribution >= 0.6 is 15.9 Å². The molecule has 0 bridgehead atoms. The van der Waals surface area contributed by atoms with Crippen LogP contribution in [0.25, 0.3) is 0 Å². The van der Waals surface area contributed by atoms with Crippen LogP contribution in [0.5, 0.6) is 17.2 Å². The van der Waals surface area contributed by atoms with E-state index < -0.39 is 0 Å². The molecule has 0 unspecified atom stereocenters. The minimum absolute atomic E-state index is 0.478. The molecule has 0 saturated carbocycles. The third-order valence-corrected chi connectivity index (χ3v) is 3.56. The largest absolute Gasteiger partial charge is 0.497 e. The lowest BCUT2D eigenvalue weighted by Crippen LogP contribution is -1.97. The maximum absolute atomic E-state index is 5.76. The van der Waals surface area contributed by atoms with Crippen LogP contribution < -0.4 is 14.2 Å². The van der Waals surface area contributed by atoms with E-state index in [0.29, 0.717) is 13.2 Å². The number of benzene rings is 2. The van der Waals surface area contributed by atoms with E-state index in [4.69, 9.17) is 14.2 Å². The van der Waals surface area contributed by atoms with Crippen molar-refractivity contribution in [1.82, 2.24) is 0 Å². The van der Waals surface area contributed by atoms with Gasteiger partial charge in [-0.2, -0.15) is 0 Å². The van der Waals surface area contributed by atoms with E-state index in [1.807, 2.05) is 49.4 Å². The summed E-state index contributed by atoms with van der Waals surface area (Å²) in [6.45, 7) is 3.10. The first-order valence-electron chi connectivity index (χ1n) is 6.41. The van der Waals surface area contributed by atoms with Crippen molar-refractivity contribution >= 4 is 15.9 Å². The van der Waals surface area contributed by atoms with Gasteiger partial charge in [-0.15, -0.1) is 0 Å². The van der Waals surface area contributed by atoms with Gasteiger partial charge in [0.05, 0.1) is 13.7 Å². The van der Waals surface area contributed by atoms with Gasteiger partial charge in [0.2, 0.25) is 0 Å². The standard InChI is InChI=1S/C16H17BrO3/c1-3-19-13-4-6-14(7-5-13)20-11-12-10-15(18-2)8-9-16(12)17/h4-10H,3,11H2,1-2H3. The van der Waals surface area contributed by atoms with Crippen LogP contribution in [0.1, 0.15) is 12.5 Å². The highest BCUT2D eigenvalue weighted by atomic mass is 79.9. The van der Waals surface area contributed by atoms with Crippen molar-refractivity contribution in [3.63, 3.8) is 0 Å². The van der Waals surface area contributed by atoms with Crippen molar-refractivity contribution in [3.05, 3.63) is 52.5 Å². The summed E-state index contributed by atoms with van der Waals surface area (Å²) in [6, 6.07) is 13.4. The summed E-state index contributed by atoms with van der Waals surface area (Å²) in [6.07, 6.45) is 0. The number of rotatable bonds is 6. The fourth-order valence-corrected chi connectivity index (χ4v) is 2.11. The highest BCUT2D eigenvalue weighted by Gasteiger charge is 2.04. The number of ether oxygens (including phenoxy) is 3. The van der Waals surface area contributed by atoms with Gasteiger partial charge in [0.1, 0.15) is 23.9 Å². The third-order valence-electron chi connectivity index (χ3n) is 2.78. The molecule has 0 fully saturated rings. The van der Waals surface area contributed by atoms with Gasteiger partial charge in [0, 0.05) is 10.0 Å². The van der Waals surface area contributed by atoms with Gasteiger partial charge in [0.15, 0.2) is 0 Å². The predicted octanol–water partition coefficient (Wildman–Crippen LogP) is 4.44. The molecular formula is C16H17BrO3. The SMILES string of the molecule is CCOc1ccc(OCc2cc(OC)ccc2Br)cc1. The average molecular weight is 337 g/mol. The second kappa shape index (κ2) is 7.20. The molecule has 4 heteroatoms. The Labute approximate surface area is 127 Å². The number of halogens is 1. The van der Waals surface area contributed by atoms with Crippen molar-refractivity contribution in [2.75, 3.05) is 13.7 Å². The van der Waals surface area contributed by atoms with Crippen molar-refractivity contribution < 1.29 is 14.2 Å². The minimum atomic E-state index is 0.478. The van der Waals surface area contributed by atoms with E-state index in [2.05, 4.69) is 15.9 Å². The molecule has 0 saturated heterocycles. The Kier molecular flexibility index (Phi) is 5.30. The average Bonchev–Trinajstić information content (AvgIpc) is 2.48. The number of hydrogen-bond acceptors (Lipinski definition) is 3. The molecule has 0 aromatic heterocycles. The van der Waals surface area contributed by atoms with Crippen LogP contribution in [0.2, 0.25) is 0 Å². The summed E-state index contributed by atoms with van der Waals surface area (Å²) >= 11 is 3.51. The normalized spacial score (nSPS) is 10.2. The molecule has 0 spiro atoms. The summed E-state index contributed by atoms with van der Waals surface area (Å²) in [7, 11) is 1.65. The molecule has 20 heavy (non-hydrogen) atoms. The fraction of sp³-hybridized carbons (Fsp3) is 0.250. The quantitative estimate of drug-likeness (QED) is 0.780. The first kappa shape index (κ1) is 14.7. The van der Waals surface area contributed by atoms with Gasteiger partial charge in [-0.25, -0.2) is 0 Å². The van der Waals surface area contributed by atoms with Crippen molar-refractivity contribution in [2.45, 2.75) is 13.5 Å². The highest BCUT2D eigenvalue weighted by Crippen LogP contribution is 2.24. The zero-order valence-corrected chi connectivity index (χ0v) is 13.1. The topological polar surface area (TPSA) is 27.7 Å². The van der Waals surface area contributed by atoms with Crippen LogP contribution in [0.3, 0.4) is 0 Å². The van der Waals surface area contributed by atoms with E-state index >= 15 is 0 Å². The predicted molar refractivity (Wildman–Crippen MR) is 82.6 cm³/mol. The second-order valence-corrected chi connectivity index (χ2v) is 5.00. The molecule has 106 valence electrons. The molecule has 0 atom stereocenters. The Balaban J connectivity index is 2.01. The van der Waals surface area contributed by atoms with Gasteiger partial charge >= 0.3 is 0 Å². The Morgan fingerprint density at radius 2 is 1.50 bits per heavy atom. The summed E-state index contributed by atoms with van der Waals surface area (Å²) in [5.74, 6) is 2.48. The zero-order chi connectivity index (χ0) is 14.4. The zero-order valence-electron chi connectivity index (χ0n) is 11.6. The van der Waals surface area contributed by atoms with Gasteiger partial charge in [-0.3, -0.25) is 0 Å². The van der Waals surface area contributed by atoms with E-state index in [0.717, 1.165) is 27.3 Å². The monoisotopic (exact) mass is 336 g/mol. The Bertz CT molecular complexity index is 552. The van der Waals surface area contributed by atoms with E-state index in [9.17, 15) is 0 Å². The van der Waals surface area contributed by atoms with Crippen molar-refractivity contribution in [3.8, 4) is 17.2 Å². The lowest BCUT2D eigenvalue weighted by Gasteiger charge is -2.10. The highest BCUT2D eigenvalue weighted by molar-refractivity contribution is 9.10. The van der Waals surface area contributed by atoms with Crippen LogP contribution in [0, 0.1) is 0 Å². The summed E-state index contributed by atoms with van der Waals surface area (Å²) in [5.41, 5.74) is 1.04. The Hall–Kier alpha value is -1.68. The summed E-state index contributed by atoms with van der Waals surface area (Å²) in [5, 5.41) is 0. The van der Waals surface area contributed by atoms with Crippen LogP contribution in [-0.4, -0.2) is 13.7 Å². The lowest BCUT2D eigenvalue weighted by atomic mass is 10.2.